The molecule has 0 amide bonds. The number of nitrogens with zero attached hydrogens (tertiary/aromatic N) is 1. The van der Waals surface area contributed by atoms with Crippen molar-refractivity contribution in [3.8, 4) is 0 Å². The number of piperidine rings is 1. The van der Waals surface area contributed by atoms with Crippen molar-refractivity contribution in [2.45, 2.75) is 49.7 Å². The van der Waals surface area contributed by atoms with Crippen LogP contribution in [-0.2, 0) is 5.60 Å². The molecule has 1 saturated carbocycles. The predicted octanol–water partition coefficient (Wildman–Crippen LogP) is 5.64. The molecule has 2 aliphatic rings. The average molecular weight is 442 g/mol. The third kappa shape index (κ3) is 4.91. The maximum Gasteiger partial charge on any atom is 0.117 e. The Kier molecular flexibility index (Phi) is 6.64. The van der Waals surface area contributed by atoms with E-state index in [4.69, 9.17) is 0 Å². The molecule has 0 spiro atoms. The van der Waals surface area contributed by atoms with Gasteiger partial charge in [0.05, 0.1) is 6.10 Å². The molecule has 3 nitrogen and oxygen atoms in total. The molecule has 3 aromatic rings. The summed E-state index contributed by atoms with van der Waals surface area (Å²) in [6.45, 7) is 2.77. The first kappa shape index (κ1) is 22.3. The van der Waals surface area contributed by atoms with Gasteiger partial charge in [-0.3, -0.25) is 0 Å². The van der Waals surface area contributed by atoms with E-state index in [0.717, 1.165) is 61.5 Å². The quantitative estimate of drug-likeness (QED) is 0.476. The number of rotatable bonds is 8. The smallest absolute Gasteiger partial charge is 0.117 e. The average Bonchev–Trinajstić information content (AvgIpc) is 3.74. The van der Waals surface area contributed by atoms with Crippen molar-refractivity contribution in [3.05, 3.63) is 107 Å². The van der Waals surface area contributed by atoms with Crippen molar-refractivity contribution in [3.63, 3.8) is 0 Å². The van der Waals surface area contributed by atoms with E-state index in [1.54, 1.807) is 0 Å². The molecule has 1 atom stereocenters. The molecule has 0 radical (unpaired) electrons. The van der Waals surface area contributed by atoms with Crippen LogP contribution in [0.1, 0.15) is 66.4 Å². The summed E-state index contributed by atoms with van der Waals surface area (Å²) in [6, 6.07) is 28.8. The minimum Gasteiger partial charge on any atom is -0.388 e. The minimum absolute atomic E-state index is 0.165. The van der Waals surface area contributed by atoms with E-state index in [0.29, 0.717) is 0 Å². The van der Waals surface area contributed by atoms with Gasteiger partial charge in [0.2, 0.25) is 0 Å². The minimum atomic E-state index is -0.975. The van der Waals surface area contributed by atoms with Crippen LogP contribution in [0.5, 0.6) is 0 Å². The molecule has 33 heavy (non-hydrogen) atoms. The Hall–Kier alpha value is -2.46. The SMILES string of the molecule is OC(CCN1CCC(C(O)(c2ccccc2)c2ccccc2)CC1)c1ccc(C2CC2)cc1. The van der Waals surface area contributed by atoms with Crippen LogP contribution in [0.15, 0.2) is 84.9 Å². The van der Waals surface area contributed by atoms with Gasteiger partial charge >= 0.3 is 0 Å². The molecule has 1 saturated heterocycles. The Balaban J connectivity index is 1.20. The first-order chi connectivity index (χ1) is 16.1. The fourth-order valence-electron chi connectivity index (χ4n) is 5.48. The molecular weight excluding hydrogens is 406 g/mol. The highest BCUT2D eigenvalue weighted by molar-refractivity contribution is 5.37. The summed E-state index contributed by atoms with van der Waals surface area (Å²) in [5.74, 6) is 0.918. The van der Waals surface area contributed by atoms with Crippen molar-refractivity contribution >= 4 is 0 Å². The maximum absolute atomic E-state index is 12.0. The highest BCUT2D eigenvalue weighted by Gasteiger charge is 2.41. The third-order valence-corrected chi connectivity index (χ3v) is 7.69. The highest BCUT2D eigenvalue weighted by atomic mass is 16.3. The van der Waals surface area contributed by atoms with Crippen molar-refractivity contribution in [1.29, 1.82) is 0 Å². The van der Waals surface area contributed by atoms with Gasteiger partial charge in [-0.2, -0.15) is 0 Å². The molecule has 2 fully saturated rings. The lowest BCUT2D eigenvalue weighted by Gasteiger charge is -2.42. The van der Waals surface area contributed by atoms with Crippen molar-refractivity contribution in [2.75, 3.05) is 19.6 Å². The molecule has 3 aromatic carbocycles. The molecule has 1 unspecified atom stereocenters. The third-order valence-electron chi connectivity index (χ3n) is 7.69. The van der Waals surface area contributed by atoms with E-state index in [-0.39, 0.29) is 5.92 Å². The van der Waals surface area contributed by atoms with E-state index in [2.05, 4.69) is 29.2 Å². The summed E-state index contributed by atoms with van der Waals surface area (Å²) >= 11 is 0. The number of aliphatic hydroxyl groups excluding tert-OH is 1. The summed E-state index contributed by atoms with van der Waals surface area (Å²) in [4.78, 5) is 2.44. The van der Waals surface area contributed by atoms with Crippen molar-refractivity contribution in [1.82, 2.24) is 4.90 Å². The zero-order valence-electron chi connectivity index (χ0n) is 19.3. The second-order valence-corrected chi connectivity index (χ2v) is 9.86. The van der Waals surface area contributed by atoms with Crippen LogP contribution in [0.25, 0.3) is 0 Å². The first-order valence-electron chi connectivity index (χ1n) is 12.5. The van der Waals surface area contributed by atoms with E-state index in [1.807, 2.05) is 60.7 Å². The molecule has 5 rings (SSSR count). The largest absolute Gasteiger partial charge is 0.388 e. The Labute approximate surface area is 197 Å². The number of hydrogen-bond donors (Lipinski definition) is 2. The van der Waals surface area contributed by atoms with E-state index in [1.165, 1.54) is 18.4 Å². The normalized spacial score (nSPS) is 18.8. The molecular formula is C30H35NO2. The second kappa shape index (κ2) is 9.80. The Bertz CT molecular complexity index is 967. The van der Waals surface area contributed by atoms with Gasteiger partial charge in [-0.1, -0.05) is 84.9 Å². The van der Waals surface area contributed by atoms with Crippen LogP contribution in [0.2, 0.25) is 0 Å². The van der Waals surface area contributed by atoms with E-state index >= 15 is 0 Å². The van der Waals surface area contributed by atoms with Crippen molar-refractivity contribution in [2.24, 2.45) is 5.92 Å². The van der Waals surface area contributed by atoms with Gasteiger partial charge in [-0.05, 0) is 79.3 Å². The van der Waals surface area contributed by atoms with Gasteiger partial charge in [0.15, 0.2) is 0 Å². The molecule has 0 aromatic heterocycles. The Morgan fingerprint density at radius 3 is 1.82 bits per heavy atom. The molecule has 1 aliphatic carbocycles. The van der Waals surface area contributed by atoms with Crippen LogP contribution in [0.4, 0.5) is 0 Å². The van der Waals surface area contributed by atoms with Gasteiger partial charge in [0.25, 0.3) is 0 Å². The lowest BCUT2D eigenvalue weighted by molar-refractivity contribution is -0.0157. The van der Waals surface area contributed by atoms with E-state index < -0.39 is 11.7 Å². The highest BCUT2D eigenvalue weighted by Crippen LogP contribution is 2.42. The van der Waals surface area contributed by atoms with Gasteiger partial charge < -0.3 is 15.1 Å². The topological polar surface area (TPSA) is 43.7 Å². The van der Waals surface area contributed by atoms with Gasteiger partial charge in [-0.15, -0.1) is 0 Å². The summed E-state index contributed by atoms with van der Waals surface area (Å²) in [5.41, 5.74) is 3.41. The van der Waals surface area contributed by atoms with Gasteiger partial charge in [0.1, 0.15) is 5.60 Å². The van der Waals surface area contributed by atoms with Crippen LogP contribution < -0.4 is 0 Å². The summed E-state index contributed by atoms with van der Waals surface area (Å²) in [7, 11) is 0. The molecule has 1 aliphatic heterocycles. The Morgan fingerprint density at radius 2 is 1.30 bits per heavy atom. The molecule has 2 N–H and O–H groups in total. The zero-order valence-corrected chi connectivity index (χ0v) is 19.3. The summed E-state index contributed by atoms with van der Waals surface area (Å²) in [5, 5.41) is 22.7. The van der Waals surface area contributed by atoms with Crippen LogP contribution in [0, 0.1) is 5.92 Å². The number of likely N-dealkylation sites (tertiary alicyclic amines) is 1. The standard InChI is InChI=1S/C30H35NO2/c32-29(25-15-13-24(14-16-25)23-11-12-23)19-22-31-20-17-28(18-21-31)30(33,26-7-3-1-4-8-26)27-9-5-2-6-10-27/h1-10,13-16,23,28-29,32-33H,11-12,17-22H2. The monoisotopic (exact) mass is 441 g/mol. The van der Waals surface area contributed by atoms with Crippen molar-refractivity contribution < 1.29 is 10.2 Å². The lowest BCUT2D eigenvalue weighted by atomic mass is 9.72. The first-order valence-corrected chi connectivity index (χ1v) is 12.5. The number of hydrogen-bond acceptors (Lipinski definition) is 3. The molecule has 3 heteroatoms. The van der Waals surface area contributed by atoms with E-state index in [9.17, 15) is 10.2 Å². The van der Waals surface area contributed by atoms with Crippen LogP contribution in [0.3, 0.4) is 0 Å². The maximum atomic E-state index is 12.0. The lowest BCUT2D eigenvalue weighted by Crippen LogP contribution is -2.44. The van der Waals surface area contributed by atoms with Gasteiger partial charge in [0, 0.05) is 6.54 Å². The predicted molar refractivity (Wildman–Crippen MR) is 133 cm³/mol. The fraction of sp³-hybridized carbons (Fsp3) is 0.400. The zero-order chi connectivity index (χ0) is 22.7. The summed E-state index contributed by atoms with van der Waals surface area (Å²) < 4.78 is 0. The molecule has 1 heterocycles. The molecule has 0 bridgehead atoms. The fourth-order valence-corrected chi connectivity index (χ4v) is 5.48. The van der Waals surface area contributed by atoms with Crippen LogP contribution in [-0.4, -0.2) is 34.7 Å². The van der Waals surface area contributed by atoms with Crippen LogP contribution >= 0.6 is 0 Å². The number of benzene rings is 3. The van der Waals surface area contributed by atoms with Gasteiger partial charge in [-0.25, -0.2) is 0 Å². The Morgan fingerprint density at radius 1 is 0.758 bits per heavy atom. The second-order valence-electron chi connectivity index (χ2n) is 9.86. The number of aliphatic hydroxyl groups is 2. The molecule has 172 valence electrons. The summed E-state index contributed by atoms with van der Waals surface area (Å²) in [6.07, 6.45) is 4.82.